The molecule has 1 aliphatic rings. The van der Waals surface area contributed by atoms with Gasteiger partial charge >= 0.3 is 0 Å². The zero-order valence-electron chi connectivity index (χ0n) is 12.0. The lowest BCUT2D eigenvalue weighted by Gasteiger charge is -2.35. The van der Waals surface area contributed by atoms with Crippen LogP contribution in [0.3, 0.4) is 0 Å². The standard InChI is InChI=1S/C16H19FN2OS/c1-20-12-4-5-14(17)13(11-12)16(15-3-2-10-21-15)19-8-6-18-7-9-19/h2-5,10-11,16,18H,6-9H2,1H3/t16-/m0/s1. The van der Waals surface area contributed by atoms with Gasteiger partial charge in [0.25, 0.3) is 0 Å². The van der Waals surface area contributed by atoms with E-state index in [9.17, 15) is 4.39 Å². The number of methoxy groups -OCH3 is 1. The molecule has 0 amide bonds. The second-order valence-corrected chi connectivity index (χ2v) is 6.07. The predicted octanol–water partition coefficient (Wildman–Crippen LogP) is 2.89. The molecule has 1 aromatic heterocycles. The summed E-state index contributed by atoms with van der Waals surface area (Å²) in [5, 5.41) is 5.39. The van der Waals surface area contributed by atoms with Gasteiger partial charge in [-0.05, 0) is 29.6 Å². The molecule has 1 aromatic carbocycles. The van der Waals surface area contributed by atoms with Crippen molar-refractivity contribution in [2.24, 2.45) is 0 Å². The number of halogens is 1. The zero-order valence-corrected chi connectivity index (χ0v) is 12.8. The van der Waals surface area contributed by atoms with Gasteiger partial charge in [0.15, 0.2) is 0 Å². The van der Waals surface area contributed by atoms with Gasteiger partial charge in [0.2, 0.25) is 0 Å². The number of benzene rings is 1. The minimum absolute atomic E-state index is 0.0396. The van der Waals surface area contributed by atoms with E-state index in [1.807, 2.05) is 17.5 Å². The lowest BCUT2D eigenvalue weighted by Crippen LogP contribution is -2.45. The Morgan fingerprint density at radius 3 is 2.76 bits per heavy atom. The van der Waals surface area contributed by atoms with Crippen molar-refractivity contribution in [3.8, 4) is 5.75 Å². The zero-order chi connectivity index (χ0) is 14.7. The number of piperazine rings is 1. The molecule has 5 heteroatoms. The van der Waals surface area contributed by atoms with E-state index in [0.29, 0.717) is 11.3 Å². The number of hydrogen-bond donors (Lipinski definition) is 1. The summed E-state index contributed by atoms with van der Waals surface area (Å²) in [6, 6.07) is 9.05. The maximum absolute atomic E-state index is 14.4. The Kier molecular flexibility index (Phi) is 4.53. The normalized spacial score (nSPS) is 17.6. The first-order valence-electron chi connectivity index (χ1n) is 7.11. The van der Waals surface area contributed by atoms with Crippen LogP contribution in [0.25, 0.3) is 0 Å². The van der Waals surface area contributed by atoms with Crippen molar-refractivity contribution in [3.05, 3.63) is 52.0 Å². The second kappa shape index (κ2) is 6.56. The molecule has 0 saturated carbocycles. The molecule has 0 radical (unpaired) electrons. The fourth-order valence-corrected chi connectivity index (χ4v) is 3.65. The number of ether oxygens (including phenoxy) is 1. The van der Waals surface area contributed by atoms with Gasteiger partial charge in [0.05, 0.1) is 13.2 Å². The summed E-state index contributed by atoms with van der Waals surface area (Å²) in [5.74, 6) is 0.524. The predicted molar refractivity (Wildman–Crippen MR) is 83.6 cm³/mol. The highest BCUT2D eigenvalue weighted by Crippen LogP contribution is 2.35. The van der Waals surface area contributed by atoms with E-state index >= 15 is 0 Å². The fourth-order valence-electron chi connectivity index (χ4n) is 2.78. The first-order chi connectivity index (χ1) is 10.3. The SMILES string of the molecule is COc1ccc(F)c([C@@H](c2cccs2)N2CCNCC2)c1. The van der Waals surface area contributed by atoms with E-state index in [2.05, 4.69) is 16.3 Å². The average molecular weight is 306 g/mol. The van der Waals surface area contributed by atoms with Crippen LogP contribution in [0.1, 0.15) is 16.5 Å². The Hall–Kier alpha value is -1.43. The number of thiophene rings is 1. The molecule has 0 bridgehead atoms. The molecule has 3 nitrogen and oxygen atoms in total. The van der Waals surface area contributed by atoms with Crippen molar-refractivity contribution in [3.63, 3.8) is 0 Å². The van der Waals surface area contributed by atoms with Crippen molar-refractivity contribution in [2.75, 3.05) is 33.3 Å². The highest BCUT2D eigenvalue weighted by Gasteiger charge is 2.27. The Labute approximate surface area is 128 Å². The summed E-state index contributed by atoms with van der Waals surface area (Å²) in [6.45, 7) is 3.71. The van der Waals surface area contributed by atoms with Gasteiger partial charge in [0, 0.05) is 36.6 Å². The van der Waals surface area contributed by atoms with Crippen LogP contribution < -0.4 is 10.1 Å². The summed E-state index contributed by atoms with van der Waals surface area (Å²) < 4.78 is 19.7. The van der Waals surface area contributed by atoms with Crippen molar-refractivity contribution in [2.45, 2.75) is 6.04 Å². The third-order valence-electron chi connectivity index (χ3n) is 3.83. The van der Waals surface area contributed by atoms with E-state index in [-0.39, 0.29) is 11.9 Å². The van der Waals surface area contributed by atoms with E-state index < -0.39 is 0 Å². The molecular formula is C16H19FN2OS. The highest BCUT2D eigenvalue weighted by atomic mass is 32.1. The van der Waals surface area contributed by atoms with Crippen LogP contribution >= 0.6 is 11.3 Å². The van der Waals surface area contributed by atoms with Gasteiger partial charge in [-0.25, -0.2) is 4.39 Å². The van der Waals surface area contributed by atoms with Crippen molar-refractivity contribution < 1.29 is 9.13 Å². The molecule has 2 aromatic rings. The monoisotopic (exact) mass is 306 g/mol. The summed E-state index contributed by atoms with van der Waals surface area (Å²) in [4.78, 5) is 3.50. The van der Waals surface area contributed by atoms with E-state index in [4.69, 9.17) is 4.74 Å². The Balaban J connectivity index is 2.02. The first-order valence-corrected chi connectivity index (χ1v) is 7.99. The molecule has 112 valence electrons. The first kappa shape index (κ1) is 14.5. The minimum Gasteiger partial charge on any atom is -0.497 e. The van der Waals surface area contributed by atoms with Gasteiger partial charge in [-0.3, -0.25) is 4.90 Å². The summed E-state index contributed by atoms with van der Waals surface area (Å²) in [7, 11) is 1.61. The van der Waals surface area contributed by atoms with Gasteiger partial charge in [-0.1, -0.05) is 6.07 Å². The maximum atomic E-state index is 14.4. The van der Waals surface area contributed by atoms with Crippen molar-refractivity contribution in [1.29, 1.82) is 0 Å². The van der Waals surface area contributed by atoms with Crippen LogP contribution in [-0.4, -0.2) is 38.2 Å². The Morgan fingerprint density at radius 2 is 2.10 bits per heavy atom. The average Bonchev–Trinajstić information content (AvgIpc) is 3.04. The molecule has 1 saturated heterocycles. The van der Waals surface area contributed by atoms with Crippen LogP contribution in [0, 0.1) is 5.82 Å². The summed E-state index contributed by atoms with van der Waals surface area (Å²) >= 11 is 1.67. The minimum atomic E-state index is -0.173. The third kappa shape index (κ3) is 3.10. The lowest BCUT2D eigenvalue weighted by molar-refractivity contribution is 0.197. The third-order valence-corrected chi connectivity index (χ3v) is 4.75. The Morgan fingerprint density at radius 1 is 1.29 bits per heavy atom. The topological polar surface area (TPSA) is 24.5 Å². The molecule has 0 unspecified atom stereocenters. The van der Waals surface area contributed by atoms with Gasteiger partial charge in [-0.2, -0.15) is 0 Å². The summed E-state index contributed by atoms with van der Waals surface area (Å²) in [5.41, 5.74) is 0.693. The molecule has 1 fully saturated rings. The van der Waals surface area contributed by atoms with Crippen molar-refractivity contribution in [1.82, 2.24) is 10.2 Å². The molecule has 21 heavy (non-hydrogen) atoms. The largest absolute Gasteiger partial charge is 0.497 e. The van der Waals surface area contributed by atoms with Crippen LogP contribution in [-0.2, 0) is 0 Å². The number of nitrogens with one attached hydrogen (secondary N) is 1. The van der Waals surface area contributed by atoms with E-state index in [1.165, 1.54) is 10.9 Å². The molecule has 1 aliphatic heterocycles. The second-order valence-electron chi connectivity index (χ2n) is 5.09. The highest BCUT2D eigenvalue weighted by molar-refractivity contribution is 7.10. The molecule has 0 aliphatic carbocycles. The smallest absolute Gasteiger partial charge is 0.128 e. The Bertz CT molecular complexity index is 582. The molecular weight excluding hydrogens is 287 g/mol. The molecule has 3 rings (SSSR count). The van der Waals surface area contributed by atoms with Crippen molar-refractivity contribution >= 4 is 11.3 Å². The fraction of sp³-hybridized carbons (Fsp3) is 0.375. The van der Waals surface area contributed by atoms with Crippen LogP contribution in [0.2, 0.25) is 0 Å². The number of rotatable bonds is 4. The van der Waals surface area contributed by atoms with E-state index in [0.717, 1.165) is 26.2 Å². The lowest BCUT2D eigenvalue weighted by atomic mass is 10.0. The number of nitrogens with zero attached hydrogens (tertiary/aromatic N) is 1. The van der Waals surface area contributed by atoms with E-state index in [1.54, 1.807) is 24.5 Å². The molecule has 0 spiro atoms. The number of hydrogen-bond acceptors (Lipinski definition) is 4. The van der Waals surface area contributed by atoms with Crippen LogP contribution in [0.15, 0.2) is 35.7 Å². The summed E-state index contributed by atoms with van der Waals surface area (Å²) in [6.07, 6.45) is 0. The quantitative estimate of drug-likeness (QED) is 0.940. The van der Waals surface area contributed by atoms with Gasteiger partial charge in [-0.15, -0.1) is 11.3 Å². The van der Waals surface area contributed by atoms with Gasteiger partial charge in [0.1, 0.15) is 11.6 Å². The van der Waals surface area contributed by atoms with Gasteiger partial charge < -0.3 is 10.1 Å². The molecule has 1 atom stereocenters. The molecule has 2 heterocycles. The maximum Gasteiger partial charge on any atom is 0.128 e. The van der Waals surface area contributed by atoms with Crippen LogP contribution in [0.4, 0.5) is 4.39 Å². The van der Waals surface area contributed by atoms with Crippen LogP contribution in [0.5, 0.6) is 5.75 Å². The molecule has 1 N–H and O–H groups in total.